The highest BCUT2D eigenvalue weighted by molar-refractivity contribution is 6.46. The van der Waals surface area contributed by atoms with Gasteiger partial charge in [0.25, 0.3) is 11.7 Å². The van der Waals surface area contributed by atoms with Crippen LogP contribution in [0, 0.1) is 0 Å². The van der Waals surface area contributed by atoms with Crippen molar-refractivity contribution in [2.45, 2.75) is 19.5 Å². The van der Waals surface area contributed by atoms with Crippen molar-refractivity contribution in [3.05, 3.63) is 99.8 Å². The van der Waals surface area contributed by atoms with E-state index in [1.54, 1.807) is 60.9 Å². The molecule has 2 heterocycles. The summed E-state index contributed by atoms with van der Waals surface area (Å²) in [7, 11) is 1.28. The molecule has 8 nitrogen and oxygen atoms in total. The quantitative estimate of drug-likeness (QED) is 0.217. The summed E-state index contributed by atoms with van der Waals surface area (Å²) < 4.78 is 10.2. The van der Waals surface area contributed by atoms with Crippen LogP contribution in [0.25, 0.3) is 5.76 Å². The zero-order valence-electron chi connectivity index (χ0n) is 19.6. The molecule has 1 amide bonds. The minimum Gasteiger partial charge on any atom is -0.507 e. The van der Waals surface area contributed by atoms with Gasteiger partial charge in [0, 0.05) is 24.5 Å². The van der Waals surface area contributed by atoms with Gasteiger partial charge in [-0.1, -0.05) is 29.8 Å². The van der Waals surface area contributed by atoms with E-state index >= 15 is 0 Å². The Bertz CT molecular complexity index is 1340. The Hall–Kier alpha value is -4.17. The van der Waals surface area contributed by atoms with E-state index in [0.717, 1.165) is 0 Å². The second kappa shape index (κ2) is 10.6. The number of hydrogen-bond donors (Lipinski definition) is 1. The van der Waals surface area contributed by atoms with Crippen LogP contribution in [0.5, 0.6) is 5.75 Å². The minimum atomic E-state index is -0.915. The fourth-order valence-electron chi connectivity index (χ4n) is 4.07. The van der Waals surface area contributed by atoms with E-state index < -0.39 is 23.7 Å². The first-order chi connectivity index (χ1) is 17.3. The van der Waals surface area contributed by atoms with Crippen LogP contribution < -0.4 is 4.74 Å². The number of aliphatic hydroxyl groups is 1. The van der Waals surface area contributed by atoms with E-state index in [1.165, 1.54) is 18.1 Å². The Morgan fingerprint density at radius 1 is 1.11 bits per heavy atom. The zero-order chi connectivity index (χ0) is 25.8. The van der Waals surface area contributed by atoms with E-state index in [0.29, 0.717) is 29.0 Å². The lowest BCUT2D eigenvalue weighted by Crippen LogP contribution is -2.29. The Morgan fingerprint density at radius 3 is 2.44 bits per heavy atom. The van der Waals surface area contributed by atoms with Crippen molar-refractivity contribution in [2.24, 2.45) is 0 Å². The number of ketones is 1. The number of aromatic nitrogens is 1. The summed E-state index contributed by atoms with van der Waals surface area (Å²) in [6.07, 6.45) is 3.21. The summed E-state index contributed by atoms with van der Waals surface area (Å²) in [5, 5.41) is 11.5. The van der Waals surface area contributed by atoms with Crippen LogP contribution in [0.4, 0.5) is 0 Å². The molecule has 0 saturated carbocycles. The molecule has 1 aliphatic heterocycles. The highest BCUT2D eigenvalue weighted by Gasteiger charge is 2.46. The highest BCUT2D eigenvalue weighted by Crippen LogP contribution is 2.41. The van der Waals surface area contributed by atoms with Gasteiger partial charge in [0.2, 0.25) is 0 Å². The minimum absolute atomic E-state index is 0.0860. The van der Waals surface area contributed by atoms with Gasteiger partial charge in [-0.05, 0) is 54.4 Å². The van der Waals surface area contributed by atoms with Crippen molar-refractivity contribution in [1.82, 2.24) is 9.88 Å². The lowest BCUT2D eigenvalue weighted by Gasteiger charge is -2.25. The SMILES string of the molecule is CCOc1ccc(/C(O)=C2\C(=O)C(=O)N(Cc3cccnc3)[C@@H]2c2ccc(C(=O)OC)cc2)cc1Cl. The summed E-state index contributed by atoms with van der Waals surface area (Å²) in [6.45, 7) is 2.31. The molecule has 3 aromatic rings. The fourth-order valence-corrected chi connectivity index (χ4v) is 4.31. The highest BCUT2D eigenvalue weighted by atomic mass is 35.5. The molecular formula is C27H23ClN2O6. The number of amides is 1. The lowest BCUT2D eigenvalue weighted by molar-refractivity contribution is -0.140. The molecule has 0 aliphatic carbocycles. The van der Waals surface area contributed by atoms with Crippen molar-refractivity contribution < 1.29 is 29.0 Å². The number of esters is 1. The summed E-state index contributed by atoms with van der Waals surface area (Å²) >= 11 is 6.30. The van der Waals surface area contributed by atoms with Gasteiger partial charge in [-0.2, -0.15) is 0 Å². The van der Waals surface area contributed by atoms with Crippen LogP contribution in [-0.2, 0) is 20.9 Å². The topological polar surface area (TPSA) is 106 Å². The van der Waals surface area contributed by atoms with Gasteiger partial charge < -0.3 is 19.5 Å². The van der Waals surface area contributed by atoms with E-state index in [-0.39, 0.29) is 28.5 Å². The number of pyridine rings is 1. The smallest absolute Gasteiger partial charge is 0.337 e. The molecular weight excluding hydrogens is 484 g/mol. The number of hydrogen-bond acceptors (Lipinski definition) is 7. The molecule has 1 aliphatic rings. The first-order valence-electron chi connectivity index (χ1n) is 11.1. The third kappa shape index (κ3) is 4.81. The summed E-state index contributed by atoms with van der Waals surface area (Å²) in [6, 6.07) is 13.6. The molecule has 1 fully saturated rings. The molecule has 2 aromatic carbocycles. The van der Waals surface area contributed by atoms with Gasteiger partial charge in [0.15, 0.2) is 0 Å². The summed E-state index contributed by atoms with van der Waals surface area (Å²) in [5.41, 5.74) is 1.72. The number of methoxy groups -OCH3 is 1. The average Bonchev–Trinajstić information content (AvgIpc) is 3.14. The number of rotatable bonds is 7. The molecule has 0 unspecified atom stereocenters. The number of nitrogens with zero attached hydrogens (tertiary/aromatic N) is 2. The first-order valence-corrected chi connectivity index (χ1v) is 11.5. The fraction of sp³-hybridized carbons (Fsp3) is 0.185. The summed E-state index contributed by atoms with van der Waals surface area (Å²) in [4.78, 5) is 43.7. The van der Waals surface area contributed by atoms with Gasteiger partial charge in [0.05, 0.1) is 35.9 Å². The van der Waals surface area contributed by atoms with Gasteiger partial charge in [-0.25, -0.2) is 4.79 Å². The number of benzene rings is 2. The lowest BCUT2D eigenvalue weighted by atomic mass is 9.94. The number of halogens is 1. The Balaban J connectivity index is 1.83. The Labute approximate surface area is 212 Å². The normalized spacial score (nSPS) is 16.8. The van der Waals surface area contributed by atoms with Crippen molar-refractivity contribution in [1.29, 1.82) is 0 Å². The molecule has 1 saturated heterocycles. The second-order valence-electron chi connectivity index (χ2n) is 7.98. The monoisotopic (exact) mass is 506 g/mol. The van der Waals surface area contributed by atoms with E-state index in [9.17, 15) is 19.5 Å². The Morgan fingerprint density at radius 2 is 1.83 bits per heavy atom. The van der Waals surface area contributed by atoms with Crippen LogP contribution in [0.1, 0.15) is 40.0 Å². The predicted octanol–water partition coefficient (Wildman–Crippen LogP) is 4.54. The van der Waals surface area contributed by atoms with Crippen LogP contribution in [0.15, 0.2) is 72.6 Å². The maximum Gasteiger partial charge on any atom is 0.337 e. The van der Waals surface area contributed by atoms with Crippen LogP contribution in [-0.4, -0.2) is 46.4 Å². The Kier molecular flexibility index (Phi) is 7.36. The number of Topliss-reactive ketones (excluding diaryl/α,β-unsaturated/α-hetero) is 1. The molecule has 4 rings (SSSR count). The maximum atomic E-state index is 13.2. The van der Waals surface area contributed by atoms with Crippen LogP contribution >= 0.6 is 11.6 Å². The third-order valence-corrected chi connectivity index (χ3v) is 6.06. The standard InChI is InChI=1S/C27H23ClN2O6/c1-3-36-21-11-10-19(13-20(21)28)24(31)22-23(17-6-8-18(9-7-17)27(34)35-2)30(26(33)25(22)32)15-16-5-4-12-29-14-16/h4-14,23,31H,3,15H2,1-2H3/b24-22+/t23-/m1/s1. The number of ether oxygens (including phenoxy) is 2. The number of carbonyl (C=O) groups excluding carboxylic acids is 3. The van der Waals surface area contributed by atoms with E-state index in [2.05, 4.69) is 4.98 Å². The van der Waals surface area contributed by atoms with Gasteiger partial charge in [-0.15, -0.1) is 0 Å². The first kappa shape index (κ1) is 24.9. The number of aliphatic hydroxyl groups excluding tert-OH is 1. The largest absolute Gasteiger partial charge is 0.507 e. The van der Waals surface area contributed by atoms with Gasteiger partial charge >= 0.3 is 5.97 Å². The molecule has 0 spiro atoms. The molecule has 0 bridgehead atoms. The van der Waals surface area contributed by atoms with Crippen molar-refractivity contribution in [3.63, 3.8) is 0 Å². The average molecular weight is 507 g/mol. The maximum absolute atomic E-state index is 13.2. The summed E-state index contributed by atoms with van der Waals surface area (Å²) in [5.74, 6) is -2.05. The zero-order valence-corrected chi connectivity index (χ0v) is 20.4. The second-order valence-corrected chi connectivity index (χ2v) is 8.39. The number of carbonyl (C=O) groups is 3. The predicted molar refractivity (Wildman–Crippen MR) is 132 cm³/mol. The van der Waals surface area contributed by atoms with Crippen molar-refractivity contribution in [2.75, 3.05) is 13.7 Å². The molecule has 36 heavy (non-hydrogen) atoms. The molecule has 184 valence electrons. The van der Waals surface area contributed by atoms with Gasteiger partial charge in [-0.3, -0.25) is 14.6 Å². The van der Waals surface area contributed by atoms with Crippen LogP contribution in [0.2, 0.25) is 5.02 Å². The van der Waals surface area contributed by atoms with Crippen molar-refractivity contribution >= 4 is 35.0 Å². The molecule has 1 N–H and O–H groups in total. The van der Waals surface area contributed by atoms with Crippen molar-refractivity contribution in [3.8, 4) is 5.75 Å². The molecule has 1 aromatic heterocycles. The van der Waals surface area contributed by atoms with Gasteiger partial charge in [0.1, 0.15) is 11.5 Å². The van der Waals surface area contributed by atoms with E-state index in [1.807, 2.05) is 6.92 Å². The molecule has 9 heteroatoms. The van der Waals surface area contributed by atoms with Crippen LogP contribution in [0.3, 0.4) is 0 Å². The third-order valence-electron chi connectivity index (χ3n) is 5.77. The van der Waals surface area contributed by atoms with E-state index in [4.69, 9.17) is 21.1 Å². The molecule has 0 radical (unpaired) electrons. The number of likely N-dealkylation sites (tertiary alicyclic amines) is 1. The molecule has 1 atom stereocenters.